The first kappa shape index (κ1) is 8.12. The van der Waals surface area contributed by atoms with Gasteiger partial charge in [0.25, 0.3) is 0 Å². The fourth-order valence-corrected chi connectivity index (χ4v) is 1.00. The molecule has 1 nitrogen and oxygen atoms in total. The molecule has 1 aromatic rings. The number of hydrogen-bond acceptors (Lipinski definition) is 2. The highest BCUT2D eigenvalue weighted by molar-refractivity contribution is 7.78. The van der Waals surface area contributed by atoms with Crippen LogP contribution in [0.4, 0.5) is 5.69 Å². The van der Waals surface area contributed by atoms with Gasteiger partial charge in [-0.25, -0.2) is 0 Å². The highest BCUT2D eigenvalue weighted by atomic mass is 32.1. The van der Waals surface area contributed by atoms with Gasteiger partial charge in [-0.05, 0) is 43.3 Å². The minimum absolute atomic E-state index is 0.917. The number of rotatable bonds is 1. The van der Waals surface area contributed by atoms with Crippen molar-refractivity contribution in [3.63, 3.8) is 0 Å². The minimum Gasteiger partial charge on any atom is -0.194 e. The van der Waals surface area contributed by atoms with Gasteiger partial charge in [-0.1, -0.05) is 12.1 Å². The van der Waals surface area contributed by atoms with Crippen molar-refractivity contribution in [1.29, 1.82) is 0 Å². The summed E-state index contributed by atoms with van der Waals surface area (Å²) in [6, 6.07) is 5.95. The number of isothiocyanates is 1. The van der Waals surface area contributed by atoms with Gasteiger partial charge in [0.05, 0.1) is 10.8 Å². The minimum atomic E-state index is 0.917. The summed E-state index contributed by atoms with van der Waals surface area (Å²) in [6.45, 7) is 4.08. The lowest BCUT2D eigenvalue weighted by atomic mass is 10.1. The van der Waals surface area contributed by atoms with Gasteiger partial charge in [0.15, 0.2) is 0 Å². The first-order chi connectivity index (χ1) is 5.25. The molecule has 1 aromatic carbocycles. The SMILES string of the molecule is Cc1cccc(N=C=S)c1C. The Morgan fingerprint density at radius 2 is 2.09 bits per heavy atom. The topological polar surface area (TPSA) is 12.4 Å². The Hall–Kier alpha value is -0.980. The van der Waals surface area contributed by atoms with Gasteiger partial charge < -0.3 is 0 Å². The summed E-state index contributed by atoms with van der Waals surface area (Å²) in [5.41, 5.74) is 3.32. The Morgan fingerprint density at radius 3 is 2.73 bits per heavy atom. The lowest BCUT2D eigenvalue weighted by Gasteiger charge is -2.00. The van der Waals surface area contributed by atoms with Crippen LogP contribution in [0.2, 0.25) is 0 Å². The molecule has 0 unspecified atom stereocenters. The summed E-state index contributed by atoms with van der Waals surface area (Å²) in [4.78, 5) is 3.93. The van der Waals surface area contributed by atoms with E-state index < -0.39 is 0 Å². The van der Waals surface area contributed by atoms with Gasteiger partial charge in [0.1, 0.15) is 0 Å². The number of nitrogens with zero attached hydrogens (tertiary/aromatic N) is 1. The lowest BCUT2D eigenvalue weighted by molar-refractivity contribution is 1.32. The summed E-state index contributed by atoms with van der Waals surface area (Å²) in [5, 5.41) is 2.36. The van der Waals surface area contributed by atoms with E-state index in [2.05, 4.69) is 35.4 Å². The van der Waals surface area contributed by atoms with Crippen LogP contribution in [0.3, 0.4) is 0 Å². The average molecular weight is 163 g/mol. The number of benzene rings is 1. The molecule has 0 amide bonds. The van der Waals surface area contributed by atoms with E-state index in [1.54, 1.807) is 0 Å². The van der Waals surface area contributed by atoms with E-state index in [4.69, 9.17) is 0 Å². The lowest BCUT2D eigenvalue weighted by Crippen LogP contribution is -1.78. The highest BCUT2D eigenvalue weighted by Gasteiger charge is 1.96. The van der Waals surface area contributed by atoms with Crippen LogP contribution < -0.4 is 0 Å². The second kappa shape index (κ2) is 3.42. The first-order valence-corrected chi connectivity index (χ1v) is 3.80. The maximum Gasteiger partial charge on any atom is 0.0771 e. The molecule has 11 heavy (non-hydrogen) atoms. The number of aryl methyl sites for hydroxylation is 1. The van der Waals surface area contributed by atoms with Crippen LogP contribution >= 0.6 is 12.2 Å². The Bertz CT molecular complexity index is 311. The molecule has 2 heteroatoms. The van der Waals surface area contributed by atoms with Crippen LogP contribution in [0.25, 0.3) is 0 Å². The van der Waals surface area contributed by atoms with Gasteiger partial charge in [0.2, 0.25) is 0 Å². The number of hydrogen-bond donors (Lipinski definition) is 0. The van der Waals surface area contributed by atoms with Gasteiger partial charge in [0, 0.05) is 0 Å². The third kappa shape index (κ3) is 1.73. The summed E-state index contributed by atoms with van der Waals surface area (Å²) < 4.78 is 0. The van der Waals surface area contributed by atoms with E-state index >= 15 is 0 Å². The predicted molar refractivity (Wildman–Crippen MR) is 50.6 cm³/mol. The second-order valence-corrected chi connectivity index (χ2v) is 2.60. The molecular weight excluding hydrogens is 154 g/mol. The standard InChI is InChI=1S/C9H9NS/c1-7-4-3-5-9(8(7)2)10-6-11/h3-5H,1-2H3. The van der Waals surface area contributed by atoms with Crippen molar-refractivity contribution in [3.05, 3.63) is 29.3 Å². The molecule has 0 atom stereocenters. The molecular formula is C9H9NS. The van der Waals surface area contributed by atoms with Crippen LogP contribution in [-0.2, 0) is 0 Å². The van der Waals surface area contributed by atoms with E-state index in [9.17, 15) is 0 Å². The molecule has 0 saturated carbocycles. The predicted octanol–water partition coefficient (Wildman–Crippen LogP) is 3.04. The molecule has 0 radical (unpaired) electrons. The third-order valence-corrected chi connectivity index (χ3v) is 1.83. The molecule has 0 aromatic heterocycles. The van der Waals surface area contributed by atoms with Crippen molar-refractivity contribution in [2.45, 2.75) is 13.8 Å². The zero-order valence-electron chi connectivity index (χ0n) is 6.59. The van der Waals surface area contributed by atoms with Gasteiger partial charge in [-0.3, -0.25) is 0 Å². The molecule has 0 aliphatic rings. The Morgan fingerprint density at radius 1 is 1.36 bits per heavy atom. The first-order valence-electron chi connectivity index (χ1n) is 3.40. The normalized spacial score (nSPS) is 8.91. The number of thiocarbonyl (C=S) groups is 1. The van der Waals surface area contributed by atoms with Crippen molar-refractivity contribution in [1.82, 2.24) is 0 Å². The van der Waals surface area contributed by atoms with E-state index in [0.717, 1.165) is 5.69 Å². The van der Waals surface area contributed by atoms with Gasteiger partial charge in [-0.15, -0.1) is 0 Å². The maximum absolute atomic E-state index is 4.52. The van der Waals surface area contributed by atoms with Crippen LogP contribution in [-0.4, -0.2) is 5.16 Å². The molecule has 1 rings (SSSR count). The Kier molecular flexibility index (Phi) is 2.53. The fourth-order valence-electron chi connectivity index (χ4n) is 0.906. The molecule has 0 bridgehead atoms. The van der Waals surface area contributed by atoms with Crippen molar-refractivity contribution < 1.29 is 0 Å². The summed E-state index contributed by atoms with van der Waals surface area (Å²) in [5.74, 6) is 0. The highest BCUT2D eigenvalue weighted by Crippen LogP contribution is 2.19. The summed E-state index contributed by atoms with van der Waals surface area (Å²) in [7, 11) is 0. The van der Waals surface area contributed by atoms with Crippen molar-refractivity contribution in [2.24, 2.45) is 4.99 Å². The molecule has 0 fully saturated rings. The van der Waals surface area contributed by atoms with Crippen LogP contribution in [0, 0.1) is 13.8 Å². The smallest absolute Gasteiger partial charge is 0.0771 e. The van der Waals surface area contributed by atoms with E-state index in [1.165, 1.54) is 11.1 Å². The Labute approximate surface area is 71.8 Å². The monoisotopic (exact) mass is 163 g/mol. The van der Waals surface area contributed by atoms with Crippen molar-refractivity contribution in [3.8, 4) is 0 Å². The zero-order valence-corrected chi connectivity index (χ0v) is 7.40. The van der Waals surface area contributed by atoms with E-state index in [-0.39, 0.29) is 0 Å². The zero-order chi connectivity index (χ0) is 8.27. The van der Waals surface area contributed by atoms with E-state index in [0.29, 0.717) is 0 Å². The molecule has 0 aliphatic heterocycles. The van der Waals surface area contributed by atoms with Crippen LogP contribution in [0.15, 0.2) is 23.2 Å². The van der Waals surface area contributed by atoms with Crippen LogP contribution in [0.5, 0.6) is 0 Å². The van der Waals surface area contributed by atoms with Gasteiger partial charge in [-0.2, -0.15) is 4.99 Å². The van der Waals surface area contributed by atoms with Gasteiger partial charge >= 0.3 is 0 Å². The van der Waals surface area contributed by atoms with Crippen molar-refractivity contribution in [2.75, 3.05) is 0 Å². The largest absolute Gasteiger partial charge is 0.194 e. The summed E-state index contributed by atoms with van der Waals surface area (Å²) in [6.07, 6.45) is 0. The molecule has 0 spiro atoms. The average Bonchev–Trinajstić information content (AvgIpc) is 1.99. The quantitative estimate of drug-likeness (QED) is 0.458. The molecule has 0 N–H and O–H groups in total. The molecule has 56 valence electrons. The van der Waals surface area contributed by atoms with Crippen LogP contribution in [0.1, 0.15) is 11.1 Å². The number of aliphatic imine (C=N–C) groups is 1. The maximum atomic E-state index is 4.52. The fraction of sp³-hybridized carbons (Fsp3) is 0.222. The Balaban J connectivity index is 3.26. The second-order valence-electron chi connectivity index (χ2n) is 2.42. The molecule has 0 aliphatic carbocycles. The molecule has 0 heterocycles. The third-order valence-electron chi connectivity index (χ3n) is 1.74. The van der Waals surface area contributed by atoms with E-state index in [1.807, 2.05) is 19.1 Å². The molecule has 0 saturated heterocycles. The van der Waals surface area contributed by atoms with Crippen molar-refractivity contribution >= 4 is 23.1 Å². The summed E-state index contributed by atoms with van der Waals surface area (Å²) >= 11 is 4.52.